The van der Waals surface area contributed by atoms with E-state index >= 15 is 0 Å². The molecule has 0 bridgehead atoms. The first-order valence-electron chi connectivity index (χ1n) is 17.1. The van der Waals surface area contributed by atoms with Gasteiger partial charge in [0.1, 0.15) is 29.1 Å². The molecule has 0 saturated heterocycles. The lowest BCUT2D eigenvalue weighted by molar-refractivity contribution is -0.145. The van der Waals surface area contributed by atoms with Gasteiger partial charge in [-0.1, -0.05) is 56.6 Å². The van der Waals surface area contributed by atoms with Crippen molar-refractivity contribution in [2.45, 2.75) is 82.0 Å². The van der Waals surface area contributed by atoms with Gasteiger partial charge in [-0.25, -0.2) is 8.42 Å². The Hall–Kier alpha value is -4.56. The van der Waals surface area contributed by atoms with Crippen molar-refractivity contribution in [1.82, 2.24) is 14.9 Å². The van der Waals surface area contributed by atoms with E-state index in [2.05, 4.69) is 21.9 Å². The number of halogens is 4. The molecule has 1 aliphatic heterocycles. The quantitative estimate of drug-likeness (QED) is 0.187. The molecule has 0 aromatic heterocycles. The van der Waals surface area contributed by atoms with E-state index in [4.69, 9.17) is 16.3 Å². The summed E-state index contributed by atoms with van der Waals surface area (Å²) in [6, 6.07) is 14.2. The highest BCUT2D eigenvalue weighted by Crippen LogP contribution is 2.46. The Balaban J connectivity index is 1.34. The third-order valence-electron chi connectivity index (χ3n) is 9.79. The normalized spacial score (nSPS) is 21.8. The Morgan fingerprint density at radius 1 is 1.00 bits per heavy atom. The molecule has 0 unspecified atom stereocenters. The van der Waals surface area contributed by atoms with Crippen LogP contribution in [0.2, 0.25) is 5.02 Å². The molecule has 6 rings (SSSR count). The number of carbonyl (C=O) groups excluding carboxylic acids is 3. The highest BCUT2D eigenvalue weighted by atomic mass is 35.5. The molecule has 3 aromatic rings. The molecule has 3 aromatic carbocycles. The zero-order valence-corrected chi connectivity index (χ0v) is 30.9. The topological polar surface area (TPSA) is 134 Å². The van der Waals surface area contributed by atoms with Gasteiger partial charge < -0.3 is 20.3 Å². The second kappa shape index (κ2) is 14.0. The van der Waals surface area contributed by atoms with E-state index in [1.54, 1.807) is 63.2 Å². The number of nitrogens with one attached hydrogen (secondary N) is 3. The van der Waals surface area contributed by atoms with Crippen molar-refractivity contribution in [3.8, 4) is 11.5 Å². The summed E-state index contributed by atoms with van der Waals surface area (Å²) >= 11 is 6.13. The van der Waals surface area contributed by atoms with Crippen LogP contribution in [0.25, 0.3) is 0 Å². The standard InChI is InChI=1S/C38H40ClF3N4O6S/c1-5-24-20-37(24,35(49)45-53(50,51)30-14-15-30)44-33(47)31-17-23-16-29(52-28-11-7-9-26(39)19-28)13-12-22(23)21-46(31)34(48)32(36(2,3)4)43-27-10-6-8-25(18-27)38(40,41)42/h5-13,16,18-19,24,30-32,43H,1,14-15,17,20-21H2,2-4H3,(H,44,47)(H,45,49)/t24-,31-,32-,37-/m1/s1. The predicted molar refractivity (Wildman–Crippen MR) is 194 cm³/mol. The van der Waals surface area contributed by atoms with Gasteiger partial charge in [-0.15, -0.1) is 6.58 Å². The number of alkyl halides is 3. The summed E-state index contributed by atoms with van der Waals surface area (Å²) in [4.78, 5) is 43.9. The summed E-state index contributed by atoms with van der Waals surface area (Å²) in [6.45, 7) is 8.95. The first-order valence-corrected chi connectivity index (χ1v) is 19.0. The van der Waals surface area contributed by atoms with E-state index in [1.807, 2.05) is 0 Å². The SMILES string of the molecule is C=C[C@@H]1C[C@]1(NC(=O)[C@H]1Cc2cc(Oc3cccc(Cl)c3)ccc2CN1C(=O)[C@@H](Nc1cccc(C(F)(F)F)c1)C(C)(C)C)C(=O)NS(=O)(=O)C1CC1. The molecule has 2 fully saturated rings. The van der Waals surface area contributed by atoms with Crippen LogP contribution in [0, 0.1) is 11.3 Å². The maximum absolute atomic E-state index is 14.7. The van der Waals surface area contributed by atoms with Crippen molar-refractivity contribution in [3.63, 3.8) is 0 Å². The lowest BCUT2D eigenvalue weighted by Gasteiger charge is -2.41. The lowest BCUT2D eigenvalue weighted by atomic mass is 9.84. The van der Waals surface area contributed by atoms with E-state index in [0.717, 1.165) is 12.1 Å². The van der Waals surface area contributed by atoms with Crippen molar-refractivity contribution in [2.24, 2.45) is 11.3 Å². The maximum atomic E-state index is 14.7. The van der Waals surface area contributed by atoms with Crippen molar-refractivity contribution in [1.29, 1.82) is 0 Å². The van der Waals surface area contributed by atoms with E-state index < -0.39 is 73.7 Å². The van der Waals surface area contributed by atoms with Crippen LogP contribution < -0.4 is 20.1 Å². The summed E-state index contributed by atoms with van der Waals surface area (Å²) < 4.78 is 74.3. The average Bonchev–Trinajstić information content (AvgIpc) is 4.01. The number of anilines is 1. The average molecular weight is 773 g/mol. The van der Waals surface area contributed by atoms with Crippen molar-refractivity contribution in [2.75, 3.05) is 5.32 Å². The second-order valence-corrected chi connectivity index (χ2v) is 17.3. The van der Waals surface area contributed by atoms with Crippen LogP contribution >= 0.6 is 11.6 Å². The monoisotopic (exact) mass is 772 g/mol. The number of rotatable bonds is 11. The molecule has 0 radical (unpaired) electrons. The van der Waals surface area contributed by atoms with Crippen LogP contribution in [0.1, 0.15) is 56.7 Å². The van der Waals surface area contributed by atoms with E-state index in [9.17, 15) is 36.0 Å². The molecule has 4 atom stereocenters. The summed E-state index contributed by atoms with van der Waals surface area (Å²) in [5.74, 6) is -1.80. The van der Waals surface area contributed by atoms with Gasteiger partial charge in [0.15, 0.2) is 0 Å². The highest BCUT2D eigenvalue weighted by Gasteiger charge is 2.61. The summed E-state index contributed by atoms with van der Waals surface area (Å²) in [5, 5.41) is 5.56. The van der Waals surface area contributed by atoms with Crippen molar-refractivity contribution in [3.05, 3.63) is 101 Å². The molecule has 3 aliphatic rings. The van der Waals surface area contributed by atoms with Gasteiger partial charge in [-0.2, -0.15) is 13.2 Å². The summed E-state index contributed by atoms with van der Waals surface area (Å²) in [5.41, 5.74) is -1.91. The fraction of sp³-hybridized carbons (Fsp3) is 0.395. The van der Waals surface area contributed by atoms with Crippen LogP contribution in [-0.2, 0) is 43.5 Å². The van der Waals surface area contributed by atoms with Gasteiger partial charge in [0.25, 0.3) is 5.91 Å². The minimum absolute atomic E-state index is 0.0170. The Kier molecular flexibility index (Phi) is 10.1. The van der Waals surface area contributed by atoms with Crippen molar-refractivity contribution >= 4 is 45.0 Å². The molecule has 282 valence electrons. The summed E-state index contributed by atoms with van der Waals surface area (Å²) in [6.07, 6.45) is -2.20. The largest absolute Gasteiger partial charge is 0.457 e. The Morgan fingerprint density at radius 3 is 2.32 bits per heavy atom. The van der Waals surface area contributed by atoms with Gasteiger partial charge >= 0.3 is 6.18 Å². The van der Waals surface area contributed by atoms with Gasteiger partial charge in [0, 0.05) is 29.6 Å². The van der Waals surface area contributed by atoms with Crippen LogP contribution in [0.5, 0.6) is 11.5 Å². The number of fused-ring (bicyclic) bond motifs is 1. The van der Waals surface area contributed by atoms with E-state index in [-0.39, 0.29) is 25.1 Å². The van der Waals surface area contributed by atoms with Crippen LogP contribution in [-0.4, -0.2) is 53.9 Å². The first kappa shape index (κ1) is 38.2. The fourth-order valence-electron chi connectivity index (χ4n) is 6.54. The number of amides is 3. The Bertz CT molecular complexity index is 2070. The highest BCUT2D eigenvalue weighted by molar-refractivity contribution is 7.91. The third kappa shape index (κ3) is 8.33. The van der Waals surface area contributed by atoms with Crippen LogP contribution in [0.15, 0.2) is 79.4 Å². The van der Waals surface area contributed by atoms with Crippen molar-refractivity contribution < 1.29 is 40.7 Å². The zero-order valence-electron chi connectivity index (χ0n) is 29.3. The van der Waals surface area contributed by atoms with E-state index in [0.29, 0.717) is 40.5 Å². The number of hydrogen-bond acceptors (Lipinski definition) is 7. The minimum atomic E-state index is -4.61. The summed E-state index contributed by atoms with van der Waals surface area (Å²) in [7, 11) is -3.94. The van der Waals surface area contributed by atoms with Crippen LogP contribution in [0.4, 0.5) is 18.9 Å². The lowest BCUT2D eigenvalue weighted by Crippen LogP contribution is -2.61. The molecule has 53 heavy (non-hydrogen) atoms. The number of nitrogens with zero attached hydrogens (tertiary/aromatic N) is 1. The molecule has 1 heterocycles. The molecular weight excluding hydrogens is 733 g/mol. The zero-order chi connectivity index (χ0) is 38.5. The number of sulfonamides is 1. The van der Waals surface area contributed by atoms with Gasteiger partial charge in [-0.05, 0) is 84.3 Å². The molecule has 2 saturated carbocycles. The molecule has 3 amide bonds. The Labute approximate surface area is 311 Å². The van der Waals surface area contributed by atoms with Gasteiger partial charge in [-0.3, -0.25) is 19.1 Å². The Morgan fingerprint density at radius 2 is 1.70 bits per heavy atom. The van der Waals surface area contributed by atoms with Gasteiger partial charge in [0.2, 0.25) is 21.8 Å². The number of benzene rings is 3. The number of carbonyl (C=O) groups is 3. The van der Waals surface area contributed by atoms with Gasteiger partial charge in [0.05, 0.1) is 10.8 Å². The second-order valence-electron chi connectivity index (χ2n) is 14.9. The molecule has 0 spiro atoms. The minimum Gasteiger partial charge on any atom is -0.457 e. The number of hydrogen-bond donors (Lipinski definition) is 3. The fourth-order valence-corrected chi connectivity index (χ4v) is 8.08. The predicted octanol–water partition coefficient (Wildman–Crippen LogP) is 6.60. The van der Waals surface area contributed by atoms with Crippen LogP contribution in [0.3, 0.4) is 0 Å². The molecule has 2 aliphatic carbocycles. The molecule has 15 heteroatoms. The first-order chi connectivity index (χ1) is 24.8. The number of ether oxygens (including phenoxy) is 1. The molecular formula is C38H40ClF3N4O6S. The van der Waals surface area contributed by atoms with E-state index in [1.165, 1.54) is 23.1 Å². The smallest absolute Gasteiger partial charge is 0.416 e. The third-order valence-corrected chi connectivity index (χ3v) is 11.8. The maximum Gasteiger partial charge on any atom is 0.416 e. The molecule has 3 N–H and O–H groups in total. The molecule has 10 nitrogen and oxygen atoms in total.